The minimum absolute atomic E-state index is 0.0921. The van der Waals surface area contributed by atoms with Crippen LogP contribution in [0.3, 0.4) is 0 Å². The van der Waals surface area contributed by atoms with Crippen molar-refractivity contribution >= 4 is 15.9 Å². The van der Waals surface area contributed by atoms with E-state index < -0.39 is 5.92 Å². The summed E-state index contributed by atoms with van der Waals surface area (Å²) in [5, 5.41) is 0. The SMILES string of the molecule is CC(C)Oc1ccc(Br)cc1C(C)(F)F. The Labute approximate surface area is 96.6 Å². The van der Waals surface area contributed by atoms with Gasteiger partial charge in [-0.05, 0) is 32.0 Å². The minimum Gasteiger partial charge on any atom is -0.490 e. The van der Waals surface area contributed by atoms with Crippen molar-refractivity contribution in [3.63, 3.8) is 0 Å². The van der Waals surface area contributed by atoms with E-state index in [9.17, 15) is 8.78 Å². The molecule has 1 nitrogen and oxygen atoms in total. The van der Waals surface area contributed by atoms with E-state index >= 15 is 0 Å². The van der Waals surface area contributed by atoms with Gasteiger partial charge in [-0.2, -0.15) is 0 Å². The average Bonchev–Trinajstić information content (AvgIpc) is 2.05. The Morgan fingerprint density at radius 1 is 1.33 bits per heavy atom. The van der Waals surface area contributed by atoms with Crippen LogP contribution < -0.4 is 4.74 Å². The highest BCUT2D eigenvalue weighted by atomic mass is 79.9. The van der Waals surface area contributed by atoms with Crippen molar-refractivity contribution in [2.75, 3.05) is 0 Å². The van der Waals surface area contributed by atoms with Gasteiger partial charge in [0, 0.05) is 11.4 Å². The predicted molar refractivity (Wildman–Crippen MR) is 59.5 cm³/mol. The van der Waals surface area contributed by atoms with Gasteiger partial charge in [0.1, 0.15) is 5.75 Å². The molecule has 15 heavy (non-hydrogen) atoms. The molecule has 0 saturated carbocycles. The zero-order chi connectivity index (χ0) is 11.6. The van der Waals surface area contributed by atoms with E-state index in [0.29, 0.717) is 4.47 Å². The molecule has 0 aliphatic carbocycles. The van der Waals surface area contributed by atoms with Crippen LogP contribution in [0.25, 0.3) is 0 Å². The maximum absolute atomic E-state index is 13.2. The highest BCUT2D eigenvalue weighted by Crippen LogP contribution is 2.36. The van der Waals surface area contributed by atoms with Crippen LogP contribution in [0.5, 0.6) is 5.75 Å². The molecule has 0 atom stereocenters. The van der Waals surface area contributed by atoms with Crippen molar-refractivity contribution in [3.05, 3.63) is 28.2 Å². The van der Waals surface area contributed by atoms with Crippen LogP contribution in [0.1, 0.15) is 26.3 Å². The summed E-state index contributed by atoms with van der Waals surface area (Å²) in [5.74, 6) is -2.66. The third kappa shape index (κ3) is 3.45. The lowest BCUT2D eigenvalue weighted by Gasteiger charge is -2.18. The molecule has 84 valence electrons. The van der Waals surface area contributed by atoms with Gasteiger partial charge in [0.25, 0.3) is 5.92 Å². The molecule has 0 radical (unpaired) electrons. The smallest absolute Gasteiger partial charge is 0.274 e. The number of ether oxygens (including phenoxy) is 1. The van der Waals surface area contributed by atoms with E-state index in [-0.39, 0.29) is 17.4 Å². The Bertz CT molecular complexity index is 345. The number of hydrogen-bond donors (Lipinski definition) is 0. The Morgan fingerprint density at radius 2 is 1.93 bits per heavy atom. The second-order valence-electron chi connectivity index (χ2n) is 3.70. The summed E-state index contributed by atoms with van der Waals surface area (Å²) in [4.78, 5) is 0. The molecule has 0 bridgehead atoms. The van der Waals surface area contributed by atoms with Gasteiger partial charge in [-0.25, -0.2) is 8.78 Å². The Kier molecular flexibility index (Phi) is 3.71. The third-order valence-corrected chi connectivity index (χ3v) is 2.27. The zero-order valence-electron chi connectivity index (χ0n) is 8.85. The van der Waals surface area contributed by atoms with Gasteiger partial charge in [0.15, 0.2) is 0 Å². The molecular formula is C11H13BrF2O. The normalized spacial score (nSPS) is 11.9. The molecule has 0 saturated heterocycles. The van der Waals surface area contributed by atoms with Crippen molar-refractivity contribution < 1.29 is 13.5 Å². The molecular weight excluding hydrogens is 266 g/mol. The van der Waals surface area contributed by atoms with Crippen molar-refractivity contribution in [2.24, 2.45) is 0 Å². The van der Waals surface area contributed by atoms with Crippen LogP contribution in [0, 0.1) is 0 Å². The second kappa shape index (κ2) is 4.47. The van der Waals surface area contributed by atoms with Gasteiger partial charge in [-0.3, -0.25) is 0 Å². The molecule has 0 N–H and O–H groups in total. The molecule has 0 aromatic heterocycles. The van der Waals surface area contributed by atoms with Crippen molar-refractivity contribution in [3.8, 4) is 5.75 Å². The molecule has 0 aliphatic rings. The molecule has 0 unspecified atom stereocenters. The van der Waals surface area contributed by atoms with Crippen molar-refractivity contribution in [2.45, 2.75) is 32.8 Å². The zero-order valence-corrected chi connectivity index (χ0v) is 10.4. The molecule has 0 heterocycles. The number of halogens is 3. The quantitative estimate of drug-likeness (QED) is 0.799. The van der Waals surface area contributed by atoms with E-state index in [2.05, 4.69) is 15.9 Å². The van der Waals surface area contributed by atoms with Crippen LogP contribution in [-0.2, 0) is 5.92 Å². The van der Waals surface area contributed by atoms with Crippen LogP contribution in [0.4, 0.5) is 8.78 Å². The first-order valence-electron chi connectivity index (χ1n) is 4.65. The first-order chi connectivity index (χ1) is 6.80. The van der Waals surface area contributed by atoms with Gasteiger partial charge in [0.05, 0.1) is 11.7 Å². The lowest BCUT2D eigenvalue weighted by atomic mass is 10.1. The Morgan fingerprint density at radius 3 is 2.40 bits per heavy atom. The van der Waals surface area contributed by atoms with E-state index in [1.165, 1.54) is 6.07 Å². The summed E-state index contributed by atoms with van der Waals surface area (Å²) in [6, 6.07) is 4.63. The maximum atomic E-state index is 13.2. The summed E-state index contributed by atoms with van der Waals surface area (Å²) in [7, 11) is 0. The molecule has 1 aromatic carbocycles. The van der Waals surface area contributed by atoms with E-state index in [4.69, 9.17) is 4.74 Å². The number of rotatable bonds is 3. The van der Waals surface area contributed by atoms with Crippen LogP contribution >= 0.6 is 15.9 Å². The van der Waals surface area contributed by atoms with Crippen LogP contribution in [0.2, 0.25) is 0 Å². The van der Waals surface area contributed by atoms with Crippen LogP contribution in [0.15, 0.2) is 22.7 Å². The first kappa shape index (κ1) is 12.4. The highest BCUT2D eigenvalue weighted by Gasteiger charge is 2.29. The van der Waals surface area contributed by atoms with E-state index in [1.54, 1.807) is 26.0 Å². The van der Waals surface area contributed by atoms with Gasteiger partial charge in [0.2, 0.25) is 0 Å². The molecule has 1 rings (SSSR count). The van der Waals surface area contributed by atoms with Crippen LogP contribution in [-0.4, -0.2) is 6.10 Å². The fourth-order valence-electron chi connectivity index (χ4n) is 1.20. The summed E-state index contributed by atoms with van der Waals surface area (Å²) in [6.07, 6.45) is -0.118. The van der Waals surface area contributed by atoms with E-state index in [1.807, 2.05) is 0 Å². The topological polar surface area (TPSA) is 9.23 Å². The fraction of sp³-hybridized carbons (Fsp3) is 0.455. The molecule has 0 amide bonds. The second-order valence-corrected chi connectivity index (χ2v) is 4.61. The number of benzene rings is 1. The summed E-state index contributed by atoms with van der Waals surface area (Å²) in [6.45, 7) is 4.47. The molecule has 0 spiro atoms. The first-order valence-corrected chi connectivity index (χ1v) is 5.44. The lowest BCUT2D eigenvalue weighted by Crippen LogP contribution is -2.13. The van der Waals surface area contributed by atoms with E-state index in [0.717, 1.165) is 6.92 Å². The lowest BCUT2D eigenvalue weighted by molar-refractivity contribution is 0.0135. The maximum Gasteiger partial charge on any atom is 0.274 e. The van der Waals surface area contributed by atoms with Crippen molar-refractivity contribution in [1.82, 2.24) is 0 Å². The molecule has 0 fully saturated rings. The predicted octanol–water partition coefficient (Wildman–Crippen LogP) is 4.35. The Hall–Kier alpha value is -0.640. The van der Waals surface area contributed by atoms with Gasteiger partial charge >= 0.3 is 0 Å². The molecule has 4 heteroatoms. The minimum atomic E-state index is -2.89. The largest absolute Gasteiger partial charge is 0.490 e. The number of hydrogen-bond acceptors (Lipinski definition) is 1. The highest BCUT2D eigenvalue weighted by molar-refractivity contribution is 9.10. The monoisotopic (exact) mass is 278 g/mol. The summed E-state index contributed by atoms with van der Waals surface area (Å²) < 4.78 is 32.4. The summed E-state index contributed by atoms with van der Waals surface area (Å²) >= 11 is 3.17. The van der Waals surface area contributed by atoms with Gasteiger partial charge in [-0.15, -0.1) is 0 Å². The van der Waals surface area contributed by atoms with Gasteiger partial charge in [-0.1, -0.05) is 15.9 Å². The standard InChI is InChI=1S/C11H13BrF2O/c1-7(2)15-10-5-4-8(12)6-9(10)11(3,13)14/h4-7H,1-3H3. The average molecular weight is 279 g/mol. The number of alkyl halides is 2. The summed E-state index contributed by atoms with van der Waals surface area (Å²) in [5.41, 5.74) is -0.0921. The fourth-order valence-corrected chi connectivity index (χ4v) is 1.56. The van der Waals surface area contributed by atoms with Gasteiger partial charge < -0.3 is 4.74 Å². The van der Waals surface area contributed by atoms with Crippen molar-refractivity contribution in [1.29, 1.82) is 0 Å². The molecule has 1 aromatic rings. The third-order valence-electron chi connectivity index (χ3n) is 1.78. The Balaban J connectivity index is 3.15. The molecule has 0 aliphatic heterocycles.